The number of halogens is 2. The van der Waals surface area contributed by atoms with E-state index in [1.165, 1.54) is 4.57 Å². The zero-order valence-electron chi connectivity index (χ0n) is 19.3. The zero-order valence-corrected chi connectivity index (χ0v) is 21.7. The van der Waals surface area contributed by atoms with Crippen LogP contribution in [0.2, 0.25) is 10.0 Å². The van der Waals surface area contributed by atoms with Crippen LogP contribution in [0.3, 0.4) is 0 Å². The number of phosphoric acid groups is 1. The van der Waals surface area contributed by atoms with E-state index >= 15 is 0 Å². The summed E-state index contributed by atoms with van der Waals surface area (Å²) in [6.07, 6.45) is 0.262. The Morgan fingerprint density at radius 3 is 2.36 bits per heavy atom. The van der Waals surface area contributed by atoms with Crippen molar-refractivity contribution in [1.29, 1.82) is 0 Å². The smallest absolute Gasteiger partial charge is 0.469 e. The predicted molar refractivity (Wildman–Crippen MR) is 136 cm³/mol. The van der Waals surface area contributed by atoms with E-state index < -0.39 is 7.82 Å². The number of benzene rings is 2. The maximum Gasteiger partial charge on any atom is 0.469 e. The lowest BCUT2D eigenvalue weighted by molar-refractivity contribution is 0.160. The molecule has 0 aliphatic heterocycles. The van der Waals surface area contributed by atoms with Crippen molar-refractivity contribution >= 4 is 42.1 Å². The highest BCUT2D eigenvalue weighted by molar-refractivity contribution is 7.46. The molecule has 2 aromatic carbocycles. The second-order valence-electron chi connectivity index (χ2n) is 8.22. The van der Waals surface area contributed by atoms with Gasteiger partial charge < -0.3 is 14.5 Å². The van der Waals surface area contributed by atoms with Crippen LogP contribution in [0.15, 0.2) is 47.3 Å². The molecule has 0 aliphatic rings. The molecule has 0 saturated heterocycles. The highest BCUT2D eigenvalue weighted by Gasteiger charge is 2.22. The van der Waals surface area contributed by atoms with Gasteiger partial charge in [-0.3, -0.25) is 19.0 Å². The molecule has 0 bridgehead atoms. The molecule has 0 fully saturated rings. The minimum absolute atomic E-state index is 0.0187. The van der Waals surface area contributed by atoms with Crippen molar-refractivity contribution in [3.63, 3.8) is 0 Å². The van der Waals surface area contributed by atoms with Crippen LogP contribution in [0.1, 0.15) is 36.8 Å². The van der Waals surface area contributed by atoms with E-state index in [0.29, 0.717) is 44.0 Å². The molecule has 2 aromatic heterocycles. The van der Waals surface area contributed by atoms with Gasteiger partial charge in [-0.05, 0) is 35.7 Å². The number of hydrogen-bond acceptors (Lipinski definition) is 6. The largest absolute Gasteiger partial charge is 0.491 e. The lowest BCUT2D eigenvalue weighted by atomic mass is 10.1. The van der Waals surface area contributed by atoms with E-state index in [0.717, 1.165) is 5.56 Å². The number of aromatic nitrogens is 4. The van der Waals surface area contributed by atoms with Gasteiger partial charge in [0.1, 0.15) is 23.6 Å². The summed E-state index contributed by atoms with van der Waals surface area (Å²) in [5.74, 6) is 0.898. The van der Waals surface area contributed by atoms with E-state index in [4.69, 9.17) is 37.7 Å². The molecule has 0 saturated carbocycles. The second-order valence-corrected chi connectivity index (χ2v) is 10.3. The molecule has 2 heterocycles. The standard InChI is InChI=1S/C23H23Cl2N4O6P/c1-13(2)20-19-22(28-27-20)26-18(29(23(19)30)21-16(24)4-3-5-17(21)25)12-14-6-8-15(9-7-14)34-10-11-35-36(31,32)33/h3-9,13H,10-12H2,1-2H3,(H,27,28)(H2,31,32,33). The van der Waals surface area contributed by atoms with Crippen molar-refractivity contribution in [2.45, 2.75) is 26.2 Å². The van der Waals surface area contributed by atoms with Crippen molar-refractivity contribution in [3.8, 4) is 11.4 Å². The van der Waals surface area contributed by atoms with Crippen LogP contribution in [-0.4, -0.2) is 42.7 Å². The Kier molecular flexibility index (Phi) is 7.85. The number of phosphoric ester groups is 1. The number of para-hydroxylation sites is 1. The fourth-order valence-electron chi connectivity index (χ4n) is 3.71. The molecule has 3 N–H and O–H groups in total. The average molecular weight is 553 g/mol. The zero-order chi connectivity index (χ0) is 26.0. The van der Waals surface area contributed by atoms with Crippen LogP contribution in [0.4, 0.5) is 0 Å². The SMILES string of the molecule is CC(C)c1[nH]nc2nc(Cc3ccc(OCCOP(=O)(O)O)cc3)n(-c3c(Cl)cccc3Cl)c(=O)c12. The third-order valence-corrected chi connectivity index (χ3v) is 6.45. The van der Waals surface area contributed by atoms with Crippen LogP contribution >= 0.6 is 31.0 Å². The van der Waals surface area contributed by atoms with E-state index in [9.17, 15) is 9.36 Å². The van der Waals surface area contributed by atoms with Crippen molar-refractivity contribution < 1.29 is 23.6 Å². The summed E-state index contributed by atoms with van der Waals surface area (Å²) in [5, 5.41) is 8.18. The maximum absolute atomic E-state index is 13.8. The Morgan fingerprint density at radius 1 is 1.08 bits per heavy atom. The fraction of sp³-hybridized carbons (Fsp3) is 0.261. The molecular formula is C23H23Cl2N4O6P. The number of H-pyrrole nitrogens is 1. The summed E-state index contributed by atoms with van der Waals surface area (Å²) in [7, 11) is -4.54. The normalized spacial score (nSPS) is 12.0. The van der Waals surface area contributed by atoms with Crippen molar-refractivity contribution in [3.05, 3.63) is 79.9 Å². The summed E-state index contributed by atoms with van der Waals surface area (Å²) in [6.45, 7) is 3.61. The Bertz CT molecular complexity index is 1480. The first-order valence-electron chi connectivity index (χ1n) is 10.9. The van der Waals surface area contributed by atoms with Gasteiger partial charge in [0.05, 0.1) is 28.0 Å². The van der Waals surface area contributed by atoms with Gasteiger partial charge in [0.25, 0.3) is 5.56 Å². The van der Waals surface area contributed by atoms with Crippen LogP contribution in [0.5, 0.6) is 5.75 Å². The predicted octanol–water partition coefficient (Wildman–Crippen LogP) is 4.62. The molecule has 13 heteroatoms. The van der Waals surface area contributed by atoms with Crippen molar-refractivity contribution in [2.75, 3.05) is 13.2 Å². The molecule has 190 valence electrons. The molecule has 0 atom stereocenters. The van der Waals surface area contributed by atoms with Gasteiger partial charge in [-0.25, -0.2) is 9.55 Å². The summed E-state index contributed by atoms with van der Waals surface area (Å²) in [6, 6.07) is 12.0. The van der Waals surface area contributed by atoms with Gasteiger partial charge in [-0.15, -0.1) is 0 Å². The van der Waals surface area contributed by atoms with Crippen molar-refractivity contribution in [2.24, 2.45) is 0 Å². The fourth-order valence-corrected chi connectivity index (χ4v) is 4.59. The van der Waals surface area contributed by atoms with Crippen LogP contribution in [-0.2, 0) is 15.5 Å². The summed E-state index contributed by atoms with van der Waals surface area (Å²) < 4.78 is 22.0. The van der Waals surface area contributed by atoms with Gasteiger partial charge in [0.15, 0.2) is 5.65 Å². The average Bonchev–Trinajstić information content (AvgIpc) is 3.23. The third-order valence-electron chi connectivity index (χ3n) is 5.32. The Hall–Kier alpha value is -2.72. The van der Waals surface area contributed by atoms with E-state index in [1.54, 1.807) is 42.5 Å². The molecule has 4 rings (SSSR count). The van der Waals surface area contributed by atoms with Gasteiger partial charge in [-0.2, -0.15) is 5.10 Å². The van der Waals surface area contributed by atoms with Crippen molar-refractivity contribution in [1.82, 2.24) is 19.7 Å². The molecule has 0 radical (unpaired) electrons. The second kappa shape index (κ2) is 10.7. The summed E-state index contributed by atoms with van der Waals surface area (Å²) >= 11 is 13.0. The van der Waals surface area contributed by atoms with Gasteiger partial charge in [0, 0.05) is 6.42 Å². The van der Waals surface area contributed by atoms with E-state index in [1.807, 2.05) is 13.8 Å². The Labute approximate surface area is 216 Å². The van der Waals surface area contributed by atoms with Crippen LogP contribution in [0, 0.1) is 0 Å². The first kappa shape index (κ1) is 26.3. The molecule has 0 unspecified atom stereocenters. The molecule has 10 nitrogen and oxygen atoms in total. The maximum atomic E-state index is 13.8. The topological polar surface area (TPSA) is 140 Å². The van der Waals surface area contributed by atoms with Gasteiger partial charge >= 0.3 is 7.82 Å². The van der Waals surface area contributed by atoms with Gasteiger partial charge in [0.2, 0.25) is 0 Å². The lowest BCUT2D eigenvalue weighted by Gasteiger charge is -2.16. The van der Waals surface area contributed by atoms with Gasteiger partial charge in [-0.1, -0.05) is 55.2 Å². The number of nitrogens with zero attached hydrogens (tertiary/aromatic N) is 3. The Balaban J connectivity index is 1.70. The number of fused-ring (bicyclic) bond motifs is 1. The number of hydrogen-bond donors (Lipinski definition) is 3. The number of nitrogens with one attached hydrogen (secondary N) is 1. The number of aromatic amines is 1. The molecule has 36 heavy (non-hydrogen) atoms. The summed E-state index contributed by atoms with van der Waals surface area (Å²) in [4.78, 5) is 35.9. The number of ether oxygens (including phenoxy) is 1. The highest BCUT2D eigenvalue weighted by atomic mass is 35.5. The Morgan fingerprint density at radius 2 is 1.75 bits per heavy atom. The molecule has 4 aromatic rings. The first-order valence-corrected chi connectivity index (χ1v) is 13.2. The molecule has 0 aliphatic carbocycles. The molecule has 0 spiro atoms. The highest BCUT2D eigenvalue weighted by Crippen LogP contribution is 2.35. The van der Waals surface area contributed by atoms with E-state index in [2.05, 4.69) is 19.7 Å². The van der Waals surface area contributed by atoms with Crippen LogP contribution < -0.4 is 10.3 Å². The monoisotopic (exact) mass is 552 g/mol. The van der Waals surface area contributed by atoms with Crippen LogP contribution in [0.25, 0.3) is 16.7 Å². The molecule has 0 amide bonds. The third kappa shape index (κ3) is 5.81. The van der Waals surface area contributed by atoms with E-state index in [-0.39, 0.29) is 31.1 Å². The minimum atomic E-state index is -4.54. The number of rotatable bonds is 9. The lowest BCUT2D eigenvalue weighted by Crippen LogP contribution is -2.25. The quantitative estimate of drug-likeness (QED) is 0.202. The first-order chi connectivity index (χ1) is 17.0. The minimum Gasteiger partial charge on any atom is -0.491 e. The summed E-state index contributed by atoms with van der Waals surface area (Å²) in [5.41, 5.74) is 1.82. The molecular weight excluding hydrogens is 530 g/mol.